The van der Waals surface area contributed by atoms with E-state index in [0.29, 0.717) is 62.1 Å². The van der Waals surface area contributed by atoms with Crippen LogP contribution < -0.4 is 24.8 Å². The van der Waals surface area contributed by atoms with E-state index in [1.54, 1.807) is 61.6 Å². The monoisotopic (exact) mass is 532 g/mol. The molecule has 4 aromatic rings. The molecule has 2 N–H and O–H groups in total. The van der Waals surface area contributed by atoms with Gasteiger partial charge in [-0.3, -0.25) is 9.78 Å². The van der Waals surface area contributed by atoms with Crippen LogP contribution in [0.25, 0.3) is 11.4 Å². The van der Waals surface area contributed by atoms with Crippen LogP contribution in [0.5, 0.6) is 17.2 Å². The third-order valence-corrected chi connectivity index (χ3v) is 6.48. The molecule has 5 rings (SSSR count). The predicted octanol–water partition coefficient (Wildman–Crippen LogP) is 4.95. The third-order valence-electron chi connectivity index (χ3n) is 6.14. The number of nitrogens with zero attached hydrogens (tertiary/aromatic N) is 4. The van der Waals surface area contributed by atoms with Gasteiger partial charge in [-0.2, -0.15) is 4.98 Å². The highest BCUT2D eigenvalue weighted by atomic mass is 35.5. The highest BCUT2D eigenvalue weighted by Gasteiger charge is 2.35. The fourth-order valence-electron chi connectivity index (χ4n) is 4.40. The van der Waals surface area contributed by atoms with Crippen molar-refractivity contribution in [2.24, 2.45) is 0 Å². The molecule has 0 spiro atoms. The van der Waals surface area contributed by atoms with Crippen LogP contribution >= 0.6 is 11.6 Å². The zero-order valence-corrected chi connectivity index (χ0v) is 21.9. The maximum Gasteiger partial charge on any atom is 0.255 e. The lowest BCUT2D eigenvalue weighted by atomic mass is 9.95. The zero-order valence-electron chi connectivity index (χ0n) is 21.2. The van der Waals surface area contributed by atoms with Gasteiger partial charge in [-0.05, 0) is 37.3 Å². The molecule has 0 fully saturated rings. The number of anilines is 2. The number of amides is 1. The first-order valence-electron chi connectivity index (χ1n) is 11.7. The van der Waals surface area contributed by atoms with Crippen molar-refractivity contribution in [2.45, 2.75) is 13.0 Å². The van der Waals surface area contributed by atoms with Crippen molar-refractivity contribution in [3.8, 4) is 28.6 Å². The second-order valence-electron chi connectivity index (χ2n) is 8.40. The number of fused-ring (bicyclic) bond motifs is 1. The van der Waals surface area contributed by atoms with Crippen molar-refractivity contribution >= 4 is 29.1 Å². The summed E-state index contributed by atoms with van der Waals surface area (Å²) in [6.45, 7) is 1.82. The number of allylic oxidation sites excluding steroid dienone is 1. The molecule has 38 heavy (non-hydrogen) atoms. The van der Waals surface area contributed by atoms with Crippen LogP contribution in [-0.2, 0) is 4.79 Å². The van der Waals surface area contributed by atoms with Crippen LogP contribution in [0.1, 0.15) is 18.5 Å². The van der Waals surface area contributed by atoms with E-state index in [0.717, 1.165) is 0 Å². The van der Waals surface area contributed by atoms with Crippen molar-refractivity contribution < 1.29 is 19.0 Å². The molecule has 0 saturated carbocycles. The summed E-state index contributed by atoms with van der Waals surface area (Å²) < 4.78 is 18.1. The average molecular weight is 533 g/mol. The number of rotatable bonds is 7. The number of pyridine rings is 1. The maximum absolute atomic E-state index is 13.6. The molecule has 0 bridgehead atoms. The summed E-state index contributed by atoms with van der Waals surface area (Å²) in [4.78, 5) is 22.4. The summed E-state index contributed by atoms with van der Waals surface area (Å²) >= 11 is 6.65. The van der Waals surface area contributed by atoms with Gasteiger partial charge in [0.1, 0.15) is 6.04 Å². The molecule has 2 aromatic heterocycles. The van der Waals surface area contributed by atoms with Gasteiger partial charge in [-0.1, -0.05) is 29.8 Å². The zero-order chi connectivity index (χ0) is 26.8. The summed E-state index contributed by atoms with van der Waals surface area (Å²) in [6, 6.07) is 13.8. The number of hydrogen-bond donors (Lipinski definition) is 2. The van der Waals surface area contributed by atoms with Crippen LogP contribution in [0.2, 0.25) is 5.02 Å². The van der Waals surface area contributed by atoms with Gasteiger partial charge in [0, 0.05) is 28.0 Å². The van der Waals surface area contributed by atoms with Crippen molar-refractivity contribution in [3.63, 3.8) is 0 Å². The number of ether oxygens (including phenoxy) is 3. The Hall–Kier alpha value is -4.57. The summed E-state index contributed by atoms with van der Waals surface area (Å²) in [5.41, 5.74) is 2.97. The minimum absolute atomic E-state index is 0.316. The Kier molecular flexibility index (Phi) is 6.89. The molecule has 0 saturated heterocycles. The lowest BCUT2D eigenvalue weighted by Gasteiger charge is -2.29. The Bertz CT molecular complexity index is 1510. The van der Waals surface area contributed by atoms with Gasteiger partial charge >= 0.3 is 0 Å². The molecule has 1 amide bonds. The fraction of sp³-hybridized carbons (Fsp3) is 0.185. The van der Waals surface area contributed by atoms with Gasteiger partial charge in [-0.15, -0.1) is 5.10 Å². The molecule has 0 aliphatic carbocycles. The Labute approximate surface area is 224 Å². The van der Waals surface area contributed by atoms with Gasteiger partial charge in [0.05, 0.1) is 38.8 Å². The number of carbonyl (C=O) groups is 1. The van der Waals surface area contributed by atoms with Gasteiger partial charge in [0.15, 0.2) is 17.3 Å². The summed E-state index contributed by atoms with van der Waals surface area (Å²) in [7, 11) is 4.63. The lowest BCUT2D eigenvalue weighted by Crippen LogP contribution is -2.31. The Morgan fingerprint density at radius 2 is 1.79 bits per heavy atom. The van der Waals surface area contributed by atoms with Crippen LogP contribution in [0.15, 0.2) is 72.2 Å². The molecular formula is C27H25ClN6O4. The molecule has 1 aliphatic heterocycles. The summed E-state index contributed by atoms with van der Waals surface area (Å²) in [5, 5.41) is 11.5. The largest absolute Gasteiger partial charge is 0.493 e. The number of nitrogens with one attached hydrogen (secondary N) is 2. The topological polar surface area (TPSA) is 112 Å². The summed E-state index contributed by atoms with van der Waals surface area (Å²) in [5.74, 6) is 1.93. The SMILES string of the molecule is COc1cc(-c2nc3n(n2)C(c2ccccc2Cl)C(C(=O)Nc2cccnc2)=C(C)N3)cc(OC)c1OC. The first-order chi connectivity index (χ1) is 18.4. The van der Waals surface area contributed by atoms with Gasteiger partial charge in [0.25, 0.3) is 5.91 Å². The molecule has 10 nitrogen and oxygen atoms in total. The third kappa shape index (κ3) is 4.50. The lowest BCUT2D eigenvalue weighted by molar-refractivity contribution is -0.113. The number of methoxy groups -OCH3 is 3. The van der Waals surface area contributed by atoms with E-state index >= 15 is 0 Å². The molecule has 11 heteroatoms. The second-order valence-corrected chi connectivity index (χ2v) is 8.81. The quantitative estimate of drug-likeness (QED) is 0.344. The first kappa shape index (κ1) is 25.1. The van der Waals surface area contributed by atoms with Crippen molar-refractivity contribution in [1.29, 1.82) is 0 Å². The average Bonchev–Trinajstić information content (AvgIpc) is 3.36. The molecule has 1 atom stereocenters. The van der Waals surface area contributed by atoms with E-state index in [9.17, 15) is 4.79 Å². The second kappa shape index (κ2) is 10.4. The van der Waals surface area contributed by atoms with Crippen LogP contribution in [0.3, 0.4) is 0 Å². The van der Waals surface area contributed by atoms with Gasteiger partial charge < -0.3 is 24.8 Å². The van der Waals surface area contributed by atoms with Crippen LogP contribution in [-0.4, -0.2) is 47.0 Å². The number of benzene rings is 2. The summed E-state index contributed by atoms with van der Waals surface area (Å²) in [6.07, 6.45) is 3.22. The number of hydrogen-bond acceptors (Lipinski definition) is 8. The van der Waals surface area contributed by atoms with E-state index in [1.165, 1.54) is 7.11 Å². The molecule has 0 radical (unpaired) electrons. The van der Waals surface area contributed by atoms with E-state index in [1.807, 2.05) is 25.1 Å². The van der Waals surface area contributed by atoms with Crippen molar-refractivity contribution in [2.75, 3.05) is 32.0 Å². The van der Waals surface area contributed by atoms with E-state index in [2.05, 4.69) is 15.6 Å². The normalized spacial score (nSPS) is 14.4. The minimum Gasteiger partial charge on any atom is -0.493 e. The molecule has 194 valence electrons. The van der Waals surface area contributed by atoms with Crippen LogP contribution in [0.4, 0.5) is 11.6 Å². The number of carbonyl (C=O) groups excluding carboxylic acids is 1. The Morgan fingerprint density at radius 1 is 1.05 bits per heavy atom. The smallest absolute Gasteiger partial charge is 0.255 e. The van der Waals surface area contributed by atoms with E-state index in [4.69, 9.17) is 35.9 Å². The fourth-order valence-corrected chi connectivity index (χ4v) is 4.64. The van der Waals surface area contributed by atoms with Gasteiger partial charge in [-0.25, -0.2) is 4.68 Å². The van der Waals surface area contributed by atoms with E-state index in [-0.39, 0.29) is 5.91 Å². The number of halogens is 1. The van der Waals surface area contributed by atoms with Gasteiger partial charge in [0.2, 0.25) is 11.7 Å². The molecule has 3 heterocycles. The van der Waals surface area contributed by atoms with Crippen molar-refractivity contribution in [1.82, 2.24) is 19.7 Å². The highest BCUT2D eigenvalue weighted by molar-refractivity contribution is 6.31. The minimum atomic E-state index is -0.653. The van der Waals surface area contributed by atoms with Crippen LogP contribution in [0, 0.1) is 0 Å². The highest BCUT2D eigenvalue weighted by Crippen LogP contribution is 2.43. The standard InChI is InChI=1S/C27H25ClN6O4/c1-15-22(26(35)31-17-8-7-11-29-14-17)23(18-9-5-6-10-19(18)28)34-27(30-15)32-25(33-34)16-12-20(36-2)24(38-4)21(13-16)37-3/h5-14,23H,1-4H3,(H,31,35)(H,30,32,33). The molecule has 1 unspecified atom stereocenters. The predicted molar refractivity (Wildman–Crippen MR) is 144 cm³/mol. The first-order valence-corrected chi connectivity index (χ1v) is 12.0. The molecular weight excluding hydrogens is 508 g/mol. The number of aromatic nitrogens is 4. The van der Waals surface area contributed by atoms with Crippen molar-refractivity contribution in [3.05, 3.63) is 82.8 Å². The molecule has 1 aliphatic rings. The Balaban J connectivity index is 1.63. The maximum atomic E-state index is 13.6. The van der Waals surface area contributed by atoms with E-state index < -0.39 is 6.04 Å². The molecule has 2 aromatic carbocycles. The Morgan fingerprint density at radius 3 is 2.42 bits per heavy atom.